The Labute approximate surface area is 141 Å². The van der Waals surface area contributed by atoms with E-state index >= 15 is 0 Å². The molecule has 1 saturated heterocycles. The van der Waals surface area contributed by atoms with Crippen molar-refractivity contribution in [3.05, 3.63) is 30.5 Å². The molecule has 6 heteroatoms. The van der Waals surface area contributed by atoms with E-state index in [2.05, 4.69) is 9.97 Å². The lowest BCUT2D eigenvalue weighted by Gasteiger charge is -2.33. The summed E-state index contributed by atoms with van der Waals surface area (Å²) in [5, 5.41) is 0. The van der Waals surface area contributed by atoms with E-state index in [0.29, 0.717) is 19.0 Å². The van der Waals surface area contributed by atoms with Gasteiger partial charge in [0, 0.05) is 6.54 Å². The predicted octanol–water partition coefficient (Wildman–Crippen LogP) is 3.41. The van der Waals surface area contributed by atoms with Crippen molar-refractivity contribution in [2.24, 2.45) is 0 Å². The number of ether oxygens (including phenoxy) is 2. The smallest absolute Gasteiger partial charge is 0.410 e. The summed E-state index contributed by atoms with van der Waals surface area (Å²) in [6.45, 7) is 6.80. The van der Waals surface area contributed by atoms with Crippen molar-refractivity contribution >= 4 is 17.1 Å². The van der Waals surface area contributed by atoms with Gasteiger partial charge in [0.05, 0.1) is 23.8 Å². The number of benzene rings is 1. The van der Waals surface area contributed by atoms with Crippen LogP contribution in [0.1, 0.15) is 33.6 Å². The molecule has 0 bridgehead atoms. The van der Waals surface area contributed by atoms with E-state index in [4.69, 9.17) is 9.47 Å². The van der Waals surface area contributed by atoms with E-state index in [1.165, 1.54) is 0 Å². The fourth-order valence-corrected chi connectivity index (χ4v) is 2.69. The molecule has 1 fully saturated rings. The van der Waals surface area contributed by atoms with Gasteiger partial charge in [-0.3, -0.25) is 0 Å². The van der Waals surface area contributed by atoms with Crippen LogP contribution < -0.4 is 4.74 Å². The van der Waals surface area contributed by atoms with Crippen LogP contribution in [0.3, 0.4) is 0 Å². The number of amides is 1. The highest BCUT2D eigenvalue weighted by atomic mass is 16.6. The Bertz CT molecular complexity index is 727. The third-order valence-corrected chi connectivity index (χ3v) is 3.74. The van der Waals surface area contributed by atoms with E-state index < -0.39 is 5.60 Å². The molecule has 0 aliphatic carbocycles. The standard InChI is InChI=1S/C18H23N3O3/c1-18(2,3)24-17(22)21-10-6-7-13(12-21)23-16-11-19-14-8-4-5-9-15(14)20-16/h4-5,8-9,11,13H,6-7,10,12H2,1-3H3/t13-/m1/s1. The van der Waals surface area contributed by atoms with Crippen molar-refractivity contribution in [2.75, 3.05) is 13.1 Å². The number of para-hydroxylation sites is 2. The Morgan fingerprint density at radius 1 is 1.25 bits per heavy atom. The van der Waals surface area contributed by atoms with Crippen molar-refractivity contribution in [2.45, 2.75) is 45.3 Å². The molecule has 0 unspecified atom stereocenters. The largest absolute Gasteiger partial charge is 0.471 e. The molecule has 0 saturated carbocycles. The topological polar surface area (TPSA) is 64.5 Å². The van der Waals surface area contributed by atoms with Gasteiger partial charge in [0.2, 0.25) is 5.88 Å². The second-order valence-corrected chi connectivity index (χ2v) is 7.01. The second kappa shape index (κ2) is 6.63. The molecule has 1 aromatic heterocycles. The van der Waals surface area contributed by atoms with Gasteiger partial charge >= 0.3 is 6.09 Å². The minimum atomic E-state index is -0.491. The van der Waals surface area contributed by atoms with Crippen molar-refractivity contribution in [1.29, 1.82) is 0 Å². The van der Waals surface area contributed by atoms with Crippen molar-refractivity contribution in [3.63, 3.8) is 0 Å². The third-order valence-electron chi connectivity index (χ3n) is 3.74. The van der Waals surface area contributed by atoms with Gasteiger partial charge in [-0.15, -0.1) is 0 Å². The number of likely N-dealkylation sites (tertiary alicyclic amines) is 1. The number of fused-ring (bicyclic) bond motifs is 1. The molecule has 2 heterocycles. The minimum Gasteiger partial charge on any atom is -0.471 e. The van der Waals surface area contributed by atoms with Crippen molar-refractivity contribution < 1.29 is 14.3 Å². The Kier molecular flexibility index (Phi) is 4.55. The first-order chi connectivity index (χ1) is 11.4. The number of carbonyl (C=O) groups is 1. The normalized spacial score (nSPS) is 18.5. The summed E-state index contributed by atoms with van der Waals surface area (Å²) in [5.74, 6) is 0.490. The van der Waals surface area contributed by atoms with Gasteiger partial charge in [0.15, 0.2) is 0 Å². The number of hydrogen-bond acceptors (Lipinski definition) is 5. The molecule has 0 radical (unpaired) electrons. The third kappa shape index (κ3) is 4.13. The quantitative estimate of drug-likeness (QED) is 0.845. The van der Waals surface area contributed by atoms with Gasteiger partial charge in [-0.2, -0.15) is 0 Å². The summed E-state index contributed by atoms with van der Waals surface area (Å²) >= 11 is 0. The van der Waals surface area contributed by atoms with E-state index in [1.54, 1.807) is 11.1 Å². The predicted molar refractivity (Wildman–Crippen MR) is 91.0 cm³/mol. The number of rotatable bonds is 2. The minimum absolute atomic E-state index is 0.0956. The van der Waals surface area contributed by atoms with E-state index in [-0.39, 0.29) is 12.2 Å². The first kappa shape index (κ1) is 16.5. The molecule has 0 spiro atoms. The van der Waals surface area contributed by atoms with Crippen molar-refractivity contribution in [3.8, 4) is 5.88 Å². The Morgan fingerprint density at radius 3 is 2.75 bits per heavy atom. The lowest BCUT2D eigenvalue weighted by Crippen LogP contribution is -2.46. The molecule has 6 nitrogen and oxygen atoms in total. The Balaban J connectivity index is 1.65. The zero-order valence-corrected chi connectivity index (χ0v) is 14.4. The maximum Gasteiger partial charge on any atom is 0.410 e. The van der Waals surface area contributed by atoms with E-state index in [1.807, 2.05) is 45.0 Å². The highest BCUT2D eigenvalue weighted by molar-refractivity contribution is 5.74. The van der Waals surface area contributed by atoms with Crippen LogP contribution in [0.5, 0.6) is 5.88 Å². The summed E-state index contributed by atoms with van der Waals surface area (Å²) in [7, 11) is 0. The van der Waals surface area contributed by atoms with Gasteiger partial charge in [-0.05, 0) is 45.7 Å². The molecular formula is C18H23N3O3. The lowest BCUT2D eigenvalue weighted by molar-refractivity contribution is 0.00722. The molecule has 2 aromatic rings. The van der Waals surface area contributed by atoms with Gasteiger partial charge in [-0.25, -0.2) is 14.8 Å². The molecule has 24 heavy (non-hydrogen) atoms. The summed E-state index contributed by atoms with van der Waals surface area (Å²) in [6.07, 6.45) is 3.01. The summed E-state index contributed by atoms with van der Waals surface area (Å²) in [5.41, 5.74) is 1.15. The number of nitrogens with zero attached hydrogens (tertiary/aromatic N) is 3. The molecule has 1 aliphatic heterocycles. The number of piperidine rings is 1. The Hall–Kier alpha value is -2.37. The van der Waals surface area contributed by atoms with Crippen LogP contribution in [-0.4, -0.2) is 45.8 Å². The number of aromatic nitrogens is 2. The van der Waals surface area contributed by atoms with Crippen molar-refractivity contribution in [1.82, 2.24) is 14.9 Å². The average molecular weight is 329 g/mol. The van der Waals surface area contributed by atoms with E-state index in [0.717, 1.165) is 23.9 Å². The molecule has 128 valence electrons. The van der Waals surface area contributed by atoms with Crippen LogP contribution >= 0.6 is 0 Å². The first-order valence-corrected chi connectivity index (χ1v) is 8.27. The molecule has 1 aromatic carbocycles. The first-order valence-electron chi connectivity index (χ1n) is 8.27. The molecule has 0 N–H and O–H groups in total. The fourth-order valence-electron chi connectivity index (χ4n) is 2.69. The van der Waals surface area contributed by atoms with Crippen LogP contribution in [0, 0.1) is 0 Å². The maximum atomic E-state index is 12.2. The van der Waals surface area contributed by atoms with E-state index in [9.17, 15) is 4.79 Å². The fraction of sp³-hybridized carbons (Fsp3) is 0.500. The van der Waals surface area contributed by atoms with Crippen LogP contribution in [0.4, 0.5) is 4.79 Å². The molecule has 3 rings (SSSR count). The zero-order valence-electron chi connectivity index (χ0n) is 14.4. The van der Waals surface area contributed by atoms with Gasteiger partial charge in [0.25, 0.3) is 0 Å². The summed E-state index contributed by atoms with van der Waals surface area (Å²) < 4.78 is 11.4. The summed E-state index contributed by atoms with van der Waals surface area (Å²) in [6, 6.07) is 7.67. The SMILES string of the molecule is CC(C)(C)OC(=O)N1CCC[C@@H](Oc2cnc3ccccc3n2)C1. The monoisotopic (exact) mass is 329 g/mol. The average Bonchev–Trinajstić information content (AvgIpc) is 2.53. The van der Waals surface area contributed by atoms with Crippen LogP contribution in [0.2, 0.25) is 0 Å². The number of hydrogen-bond donors (Lipinski definition) is 0. The molecular weight excluding hydrogens is 306 g/mol. The summed E-state index contributed by atoms with van der Waals surface area (Å²) in [4.78, 5) is 22.7. The lowest BCUT2D eigenvalue weighted by atomic mass is 10.1. The molecule has 1 aliphatic rings. The Morgan fingerprint density at radius 2 is 2.00 bits per heavy atom. The molecule has 1 amide bonds. The van der Waals surface area contributed by atoms with Gasteiger partial charge in [0.1, 0.15) is 11.7 Å². The second-order valence-electron chi connectivity index (χ2n) is 7.01. The van der Waals surface area contributed by atoms with Gasteiger partial charge < -0.3 is 14.4 Å². The van der Waals surface area contributed by atoms with Crippen LogP contribution in [0.15, 0.2) is 30.5 Å². The van der Waals surface area contributed by atoms with Crippen LogP contribution in [-0.2, 0) is 4.74 Å². The van der Waals surface area contributed by atoms with Crippen LogP contribution in [0.25, 0.3) is 11.0 Å². The zero-order chi connectivity index (χ0) is 17.2. The highest BCUT2D eigenvalue weighted by Crippen LogP contribution is 2.20. The van der Waals surface area contributed by atoms with Gasteiger partial charge in [-0.1, -0.05) is 12.1 Å². The highest BCUT2D eigenvalue weighted by Gasteiger charge is 2.28. The number of carbonyl (C=O) groups excluding carboxylic acids is 1. The molecule has 1 atom stereocenters. The maximum absolute atomic E-state index is 12.2.